The summed E-state index contributed by atoms with van der Waals surface area (Å²) < 4.78 is 7.21. The number of anilines is 1. The Hall–Kier alpha value is -3.41. The highest BCUT2D eigenvalue weighted by molar-refractivity contribution is 6.03. The van der Waals surface area contributed by atoms with Gasteiger partial charge in [-0.1, -0.05) is 18.2 Å². The van der Waals surface area contributed by atoms with Crippen molar-refractivity contribution in [2.24, 2.45) is 0 Å². The monoisotopic (exact) mass is 332 g/mol. The Morgan fingerprint density at radius 3 is 2.56 bits per heavy atom. The highest BCUT2D eigenvalue weighted by atomic mass is 16.4. The number of carbonyl (C=O) groups excluding carboxylic acids is 1. The van der Waals surface area contributed by atoms with Crippen LogP contribution in [0.5, 0.6) is 0 Å². The van der Waals surface area contributed by atoms with Crippen LogP contribution >= 0.6 is 0 Å². The van der Waals surface area contributed by atoms with Crippen molar-refractivity contribution in [1.82, 2.24) is 14.8 Å². The van der Waals surface area contributed by atoms with Crippen LogP contribution in [-0.2, 0) is 0 Å². The second-order valence-corrected chi connectivity index (χ2v) is 5.76. The molecule has 1 N–H and O–H groups in total. The smallest absolute Gasteiger partial charge is 0.293 e. The van der Waals surface area contributed by atoms with Crippen LogP contribution in [0.2, 0.25) is 0 Å². The van der Waals surface area contributed by atoms with Gasteiger partial charge >= 0.3 is 0 Å². The molecule has 1 amide bonds. The molecule has 124 valence electrons. The molecule has 2 aromatic heterocycles. The third-order valence-corrected chi connectivity index (χ3v) is 3.96. The number of fused-ring (bicyclic) bond motifs is 1. The van der Waals surface area contributed by atoms with Crippen molar-refractivity contribution in [1.29, 1.82) is 0 Å². The maximum atomic E-state index is 12.3. The van der Waals surface area contributed by atoms with E-state index in [9.17, 15) is 4.79 Å². The molecule has 2 aromatic carbocycles. The van der Waals surface area contributed by atoms with Crippen LogP contribution < -0.4 is 5.32 Å². The minimum absolute atomic E-state index is 0.236. The number of nitrogens with zero attached hydrogens (tertiary/aromatic N) is 3. The molecular weight excluding hydrogens is 316 g/mol. The first kappa shape index (κ1) is 15.1. The van der Waals surface area contributed by atoms with Crippen molar-refractivity contribution >= 4 is 22.5 Å². The van der Waals surface area contributed by atoms with Crippen molar-refractivity contribution in [3.05, 3.63) is 72.1 Å². The van der Waals surface area contributed by atoms with Crippen LogP contribution in [0.4, 0.5) is 5.69 Å². The molecule has 0 bridgehead atoms. The van der Waals surface area contributed by atoms with Crippen molar-refractivity contribution in [2.45, 2.75) is 13.8 Å². The second kappa shape index (κ2) is 5.90. The molecule has 2 heterocycles. The molecule has 0 radical (unpaired) electrons. The zero-order valence-electron chi connectivity index (χ0n) is 13.9. The van der Waals surface area contributed by atoms with E-state index in [1.807, 2.05) is 59.4 Å². The van der Waals surface area contributed by atoms with Crippen LogP contribution in [-0.4, -0.2) is 20.7 Å². The average Bonchev–Trinajstić information content (AvgIpc) is 3.18. The fourth-order valence-corrected chi connectivity index (χ4v) is 2.79. The van der Waals surface area contributed by atoms with Crippen molar-refractivity contribution < 1.29 is 9.21 Å². The fourth-order valence-electron chi connectivity index (χ4n) is 2.79. The van der Waals surface area contributed by atoms with E-state index in [2.05, 4.69) is 15.4 Å². The third kappa shape index (κ3) is 2.78. The molecule has 0 atom stereocenters. The van der Waals surface area contributed by atoms with Crippen LogP contribution in [0.1, 0.15) is 22.1 Å². The van der Waals surface area contributed by atoms with Crippen molar-refractivity contribution in [3.63, 3.8) is 0 Å². The molecule has 4 rings (SSSR count). The maximum absolute atomic E-state index is 12.3. The highest BCUT2D eigenvalue weighted by Crippen LogP contribution is 2.20. The number of aryl methyl sites for hydroxylation is 2. The van der Waals surface area contributed by atoms with E-state index in [-0.39, 0.29) is 11.7 Å². The van der Waals surface area contributed by atoms with Crippen LogP contribution in [0.3, 0.4) is 0 Å². The number of benzene rings is 2. The summed E-state index contributed by atoms with van der Waals surface area (Å²) in [4.78, 5) is 16.4. The zero-order valence-corrected chi connectivity index (χ0v) is 13.9. The number of amides is 1. The molecule has 0 fully saturated rings. The van der Waals surface area contributed by atoms with E-state index in [1.165, 1.54) is 0 Å². The molecule has 25 heavy (non-hydrogen) atoms. The number of oxazole rings is 1. The Labute approximate surface area is 144 Å². The van der Waals surface area contributed by atoms with E-state index in [4.69, 9.17) is 4.42 Å². The van der Waals surface area contributed by atoms with Gasteiger partial charge in [-0.15, -0.1) is 0 Å². The zero-order chi connectivity index (χ0) is 17.4. The van der Waals surface area contributed by atoms with E-state index in [0.717, 1.165) is 16.6 Å². The maximum Gasteiger partial charge on any atom is 0.293 e. The molecule has 6 heteroatoms. The Bertz CT molecular complexity index is 1060. The number of carbonyl (C=O) groups is 1. The lowest BCUT2D eigenvalue weighted by atomic mass is 10.2. The predicted octanol–water partition coefficient (Wildman–Crippen LogP) is 3.88. The molecule has 6 nitrogen and oxygen atoms in total. The summed E-state index contributed by atoms with van der Waals surface area (Å²) in [5.74, 6) is 0.401. The third-order valence-electron chi connectivity index (χ3n) is 3.96. The number of hydrogen-bond acceptors (Lipinski definition) is 4. The molecule has 0 aliphatic heterocycles. The van der Waals surface area contributed by atoms with E-state index < -0.39 is 0 Å². The average molecular weight is 332 g/mol. The normalized spacial score (nSPS) is 11.0. The quantitative estimate of drug-likeness (QED) is 0.618. The Balaban J connectivity index is 1.58. The first-order valence-corrected chi connectivity index (χ1v) is 7.90. The van der Waals surface area contributed by atoms with Gasteiger partial charge in [0.2, 0.25) is 5.76 Å². The van der Waals surface area contributed by atoms with Gasteiger partial charge in [0, 0.05) is 18.0 Å². The second-order valence-electron chi connectivity index (χ2n) is 5.76. The van der Waals surface area contributed by atoms with Gasteiger partial charge in [-0.25, -0.2) is 9.67 Å². The van der Waals surface area contributed by atoms with Crippen LogP contribution in [0.25, 0.3) is 16.6 Å². The molecule has 0 saturated heterocycles. The Morgan fingerprint density at radius 2 is 1.84 bits per heavy atom. The highest BCUT2D eigenvalue weighted by Gasteiger charge is 2.16. The predicted molar refractivity (Wildman–Crippen MR) is 95.0 cm³/mol. The number of rotatable bonds is 3. The van der Waals surface area contributed by atoms with Gasteiger partial charge in [0.15, 0.2) is 5.89 Å². The topological polar surface area (TPSA) is 73.0 Å². The van der Waals surface area contributed by atoms with E-state index in [0.29, 0.717) is 17.3 Å². The summed E-state index contributed by atoms with van der Waals surface area (Å²) in [6.45, 7) is 3.46. The molecular formula is C19H16N4O2. The number of nitrogens with one attached hydrogen (secondary N) is 1. The van der Waals surface area contributed by atoms with Gasteiger partial charge in [-0.05, 0) is 37.3 Å². The van der Waals surface area contributed by atoms with Crippen molar-refractivity contribution in [2.75, 3.05) is 5.32 Å². The minimum Gasteiger partial charge on any atom is -0.436 e. The lowest BCUT2D eigenvalue weighted by Gasteiger charge is -2.07. The molecule has 0 saturated carbocycles. The van der Waals surface area contributed by atoms with Crippen molar-refractivity contribution in [3.8, 4) is 5.69 Å². The van der Waals surface area contributed by atoms with E-state index >= 15 is 0 Å². The van der Waals surface area contributed by atoms with Gasteiger partial charge in [-0.3, -0.25) is 4.79 Å². The van der Waals surface area contributed by atoms with Gasteiger partial charge in [0.25, 0.3) is 5.91 Å². The lowest BCUT2D eigenvalue weighted by molar-refractivity contribution is 0.0994. The number of aromatic nitrogens is 3. The minimum atomic E-state index is -0.310. The Kier molecular flexibility index (Phi) is 3.57. The molecule has 0 unspecified atom stereocenters. The molecule has 0 aliphatic carbocycles. The SMILES string of the molecule is Cc1nc(C)c(C(=O)Nc2ccc(-n3ncc4ccccc43)cc2)o1. The molecule has 0 spiro atoms. The van der Waals surface area contributed by atoms with E-state index in [1.54, 1.807) is 13.8 Å². The number of para-hydroxylation sites is 1. The van der Waals surface area contributed by atoms with Crippen LogP contribution in [0, 0.1) is 13.8 Å². The van der Waals surface area contributed by atoms with Gasteiger partial charge in [-0.2, -0.15) is 5.10 Å². The first-order chi connectivity index (χ1) is 12.1. The van der Waals surface area contributed by atoms with Crippen LogP contribution in [0.15, 0.2) is 59.1 Å². The lowest BCUT2D eigenvalue weighted by Crippen LogP contribution is -2.12. The summed E-state index contributed by atoms with van der Waals surface area (Å²) in [5.41, 5.74) is 3.21. The summed E-state index contributed by atoms with van der Waals surface area (Å²) in [5, 5.41) is 8.32. The van der Waals surface area contributed by atoms with Gasteiger partial charge in [0.05, 0.1) is 23.1 Å². The largest absolute Gasteiger partial charge is 0.436 e. The fraction of sp³-hybridized carbons (Fsp3) is 0.105. The summed E-state index contributed by atoms with van der Waals surface area (Å²) >= 11 is 0. The summed E-state index contributed by atoms with van der Waals surface area (Å²) in [6, 6.07) is 15.5. The molecule has 4 aromatic rings. The summed E-state index contributed by atoms with van der Waals surface area (Å²) in [6.07, 6.45) is 1.83. The molecule has 0 aliphatic rings. The summed E-state index contributed by atoms with van der Waals surface area (Å²) in [7, 11) is 0. The Morgan fingerprint density at radius 1 is 1.08 bits per heavy atom. The number of hydrogen-bond donors (Lipinski definition) is 1. The van der Waals surface area contributed by atoms with Gasteiger partial charge < -0.3 is 9.73 Å². The first-order valence-electron chi connectivity index (χ1n) is 7.90. The standard InChI is InChI=1S/C19H16N4O2/c1-12-18(25-13(2)21-12)19(24)22-15-7-9-16(10-8-15)23-17-6-4-3-5-14(17)11-20-23/h3-11H,1-2H3,(H,22,24). The van der Waals surface area contributed by atoms with Gasteiger partial charge in [0.1, 0.15) is 0 Å².